The van der Waals surface area contributed by atoms with E-state index in [0.29, 0.717) is 24.8 Å². The third-order valence-electron chi connectivity index (χ3n) is 4.71. The van der Waals surface area contributed by atoms with Crippen LogP contribution in [0.4, 0.5) is 5.69 Å². The summed E-state index contributed by atoms with van der Waals surface area (Å²) in [4.78, 5) is 50.9. The molecular formula is C23H33Cl2N3O6. The largest absolute Gasteiger partial charge is 0.466 e. The second-order valence-corrected chi connectivity index (χ2v) is 8.07. The lowest BCUT2D eigenvalue weighted by Crippen LogP contribution is -2.53. The smallest absolute Gasteiger partial charge is 0.329 e. The zero-order valence-electron chi connectivity index (χ0n) is 19.8. The number of benzene rings is 1. The van der Waals surface area contributed by atoms with Crippen LogP contribution in [-0.2, 0) is 35.1 Å². The number of rotatable bonds is 15. The van der Waals surface area contributed by atoms with Crippen LogP contribution in [0.2, 0.25) is 0 Å². The molecule has 0 bridgehead atoms. The highest BCUT2D eigenvalue weighted by atomic mass is 35.5. The van der Waals surface area contributed by atoms with Crippen molar-refractivity contribution >= 4 is 52.6 Å². The van der Waals surface area contributed by atoms with Gasteiger partial charge in [0.25, 0.3) is 0 Å². The average molecular weight is 518 g/mol. The van der Waals surface area contributed by atoms with Crippen molar-refractivity contribution in [1.29, 1.82) is 0 Å². The molecule has 190 valence electrons. The maximum Gasteiger partial charge on any atom is 0.329 e. The number of halogens is 2. The Kier molecular flexibility index (Phi) is 14.0. The van der Waals surface area contributed by atoms with E-state index in [1.54, 1.807) is 13.8 Å². The summed E-state index contributed by atoms with van der Waals surface area (Å²) < 4.78 is 9.85. The lowest BCUT2D eigenvalue weighted by Gasteiger charge is -2.24. The summed E-state index contributed by atoms with van der Waals surface area (Å²) in [5.74, 6) is -1.52. The molecule has 2 atom stereocenters. The first-order valence-corrected chi connectivity index (χ1v) is 12.2. The molecule has 0 aromatic heterocycles. The molecule has 1 aromatic rings. The highest BCUT2D eigenvalue weighted by molar-refractivity contribution is 6.18. The number of alkyl halides is 2. The van der Waals surface area contributed by atoms with Crippen LogP contribution >= 0.6 is 23.2 Å². The standard InChI is InChI=1S/C23H33Cl2N3O6/c1-4-33-21(30)15-20(23(32)34-5-2)27-22(31)19(26-16(3)29)14-17-6-8-18(9-7-17)28(12-10-24)13-11-25/h6-9,19-20H,4-5,10-15H2,1-3H3,(H,26,29)(H,27,31)/t19-,20-/m1/s1. The molecule has 0 saturated carbocycles. The maximum absolute atomic E-state index is 13.0. The number of carbonyl (C=O) groups is 4. The summed E-state index contributed by atoms with van der Waals surface area (Å²) in [6.45, 7) is 6.05. The second kappa shape index (κ2) is 16.2. The molecule has 0 unspecified atom stereocenters. The van der Waals surface area contributed by atoms with Crippen LogP contribution in [0, 0.1) is 0 Å². The van der Waals surface area contributed by atoms with E-state index >= 15 is 0 Å². The molecule has 9 nitrogen and oxygen atoms in total. The Morgan fingerprint density at radius 1 is 0.912 bits per heavy atom. The maximum atomic E-state index is 13.0. The SMILES string of the molecule is CCOC(=O)C[C@@H](NC(=O)[C@@H](Cc1ccc(N(CCCl)CCCl)cc1)NC(C)=O)C(=O)OCC. The monoisotopic (exact) mass is 517 g/mol. The second-order valence-electron chi connectivity index (χ2n) is 7.31. The van der Waals surface area contributed by atoms with Gasteiger partial charge >= 0.3 is 11.9 Å². The van der Waals surface area contributed by atoms with E-state index in [-0.39, 0.29) is 26.1 Å². The number of anilines is 1. The molecular weight excluding hydrogens is 485 g/mol. The van der Waals surface area contributed by atoms with E-state index in [4.69, 9.17) is 32.7 Å². The highest BCUT2D eigenvalue weighted by Crippen LogP contribution is 2.17. The van der Waals surface area contributed by atoms with Crippen molar-refractivity contribution < 1.29 is 28.7 Å². The number of nitrogens with zero attached hydrogens (tertiary/aromatic N) is 1. The number of carbonyl (C=O) groups excluding carboxylic acids is 4. The van der Waals surface area contributed by atoms with Crippen molar-refractivity contribution in [2.45, 2.75) is 45.7 Å². The van der Waals surface area contributed by atoms with Crippen LogP contribution in [-0.4, -0.2) is 73.9 Å². The Bertz CT molecular complexity index is 800. The minimum Gasteiger partial charge on any atom is -0.466 e. The van der Waals surface area contributed by atoms with E-state index in [9.17, 15) is 19.2 Å². The average Bonchev–Trinajstić information content (AvgIpc) is 2.78. The third kappa shape index (κ3) is 10.6. The van der Waals surface area contributed by atoms with Gasteiger partial charge in [-0.1, -0.05) is 12.1 Å². The van der Waals surface area contributed by atoms with Crippen molar-refractivity contribution in [3.05, 3.63) is 29.8 Å². The molecule has 1 aromatic carbocycles. The van der Waals surface area contributed by atoms with Gasteiger partial charge in [-0.2, -0.15) is 0 Å². The molecule has 11 heteroatoms. The van der Waals surface area contributed by atoms with Crippen LogP contribution in [0.1, 0.15) is 32.8 Å². The topological polar surface area (TPSA) is 114 Å². The summed E-state index contributed by atoms with van der Waals surface area (Å²) >= 11 is 11.7. The highest BCUT2D eigenvalue weighted by Gasteiger charge is 2.29. The first kappa shape index (κ1) is 29.5. The van der Waals surface area contributed by atoms with Gasteiger partial charge < -0.3 is 25.0 Å². The fourth-order valence-electron chi connectivity index (χ4n) is 3.20. The predicted molar refractivity (Wildman–Crippen MR) is 131 cm³/mol. The van der Waals surface area contributed by atoms with Gasteiger partial charge in [-0.05, 0) is 31.5 Å². The molecule has 0 saturated heterocycles. The Morgan fingerprint density at radius 2 is 1.50 bits per heavy atom. The van der Waals surface area contributed by atoms with Crippen molar-refractivity contribution in [3.8, 4) is 0 Å². The van der Waals surface area contributed by atoms with Crippen LogP contribution in [0.25, 0.3) is 0 Å². The molecule has 2 N–H and O–H groups in total. The molecule has 1 rings (SSSR count). The number of hydrogen-bond donors (Lipinski definition) is 2. The summed E-state index contributed by atoms with van der Waals surface area (Å²) in [6, 6.07) is 5.26. The van der Waals surface area contributed by atoms with E-state index in [0.717, 1.165) is 11.3 Å². The molecule has 0 aliphatic carbocycles. The van der Waals surface area contributed by atoms with Crippen LogP contribution in [0.3, 0.4) is 0 Å². The zero-order valence-corrected chi connectivity index (χ0v) is 21.3. The van der Waals surface area contributed by atoms with Gasteiger partial charge in [0.05, 0.1) is 19.6 Å². The number of amides is 2. The van der Waals surface area contributed by atoms with Crippen molar-refractivity contribution in [3.63, 3.8) is 0 Å². The molecule has 0 aliphatic heterocycles. The Morgan fingerprint density at radius 3 is 2.00 bits per heavy atom. The fourth-order valence-corrected chi connectivity index (χ4v) is 3.61. The zero-order chi connectivity index (χ0) is 25.5. The number of esters is 2. The summed E-state index contributed by atoms with van der Waals surface area (Å²) in [5.41, 5.74) is 1.72. The molecule has 0 aliphatic rings. The van der Waals surface area contributed by atoms with E-state index in [1.807, 2.05) is 29.2 Å². The van der Waals surface area contributed by atoms with Gasteiger partial charge in [-0.15, -0.1) is 23.2 Å². The Labute approximate surface area is 210 Å². The lowest BCUT2D eigenvalue weighted by atomic mass is 10.0. The van der Waals surface area contributed by atoms with E-state index in [1.165, 1.54) is 6.92 Å². The quantitative estimate of drug-likeness (QED) is 0.270. The third-order valence-corrected chi connectivity index (χ3v) is 5.05. The van der Waals surface area contributed by atoms with Crippen molar-refractivity contribution in [2.75, 3.05) is 43.0 Å². The number of ether oxygens (including phenoxy) is 2. The molecule has 0 radical (unpaired) electrons. The van der Waals surface area contributed by atoms with Crippen LogP contribution < -0.4 is 15.5 Å². The van der Waals surface area contributed by atoms with Gasteiger partial charge in [-0.25, -0.2) is 4.79 Å². The lowest BCUT2D eigenvalue weighted by molar-refractivity contribution is -0.153. The molecule has 2 amide bonds. The predicted octanol–water partition coefficient (Wildman–Crippen LogP) is 2.02. The van der Waals surface area contributed by atoms with Gasteiger partial charge in [0.2, 0.25) is 11.8 Å². The van der Waals surface area contributed by atoms with Crippen molar-refractivity contribution in [2.24, 2.45) is 0 Å². The van der Waals surface area contributed by atoms with Gasteiger partial charge in [0.1, 0.15) is 12.1 Å². The number of nitrogens with one attached hydrogen (secondary N) is 2. The number of hydrogen-bond acceptors (Lipinski definition) is 7. The molecule has 0 fully saturated rings. The molecule has 0 heterocycles. The summed E-state index contributed by atoms with van der Waals surface area (Å²) in [5, 5.41) is 5.11. The minimum absolute atomic E-state index is 0.0833. The van der Waals surface area contributed by atoms with E-state index in [2.05, 4.69) is 10.6 Å². The van der Waals surface area contributed by atoms with Crippen molar-refractivity contribution in [1.82, 2.24) is 10.6 Å². The minimum atomic E-state index is -1.23. The van der Waals surface area contributed by atoms with Crippen LogP contribution in [0.5, 0.6) is 0 Å². The Hall–Kier alpha value is -2.52. The molecule has 0 spiro atoms. The Balaban J connectivity index is 2.99. The fraction of sp³-hybridized carbons (Fsp3) is 0.565. The van der Waals surface area contributed by atoms with Gasteiger partial charge in [0.15, 0.2) is 0 Å². The molecule has 34 heavy (non-hydrogen) atoms. The van der Waals surface area contributed by atoms with E-state index < -0.39 is 35.8 Å². The first-order valence-electron chi connectivity index (χ1n) is 11.1. The summed E-state index contributed by atoms with van der Waals surface area (Å²) in [6.07, 6.45) is -0.206. The van der Waals surface area contributed by atoms with Gasteiger partial charge in [-0.3, -0.25) is 14.4 Å². The summed E-state index contributed by atoms with van der Waals surface area (Å²) in [7, 11) is 0. The normalized spacial score (nSPS) is 12.3. The van der Waals surface area contributed by atoms with Gasteiger partial charge in [0, 0.05) is 43.9 Å². The van der Waals surface area contributed by atoms with Crippen LogP contribution in [0.15, 0.2) is 24.3 Å². The first-order chi connectivity index (χ1) is 16.2.